The van der Waals surface area contributed by atoms with Crippen molar-refractivity contribution in [1.82, 2.24) is 4.72 Å². The Balaban J connectivity index is 1.64. The molecule has 0 bridgehead atoms. The van der Waals surface area contributed by atoms with Gasteiger partial charge in [0.05, 0.1) is 4.90 Å². The van der Waals surface area contributed by atoms with Crippen LogP contribution in [0.5, 0.6) is 0 Å². The molecule has 0 radical (unpaired) electrons. The number of hydrogen-bond donors (Lipinski definition) is 2. The van der Waals surface area contributed by atoms with Crippen molar-refractivity contribution in [3.63, 3.8) is 0 Å². The molecule has 2 aromatic rings. The lowest BCUT2D eigenvalue weighted by atomic mass is 9.89. The van der Waals surface area contributed by atoms with Crippen molar-refractivity contribution >= 4 is 39.1 Å². The molecule has 0 unspecified atom stereocenters. The molecule has 1 saturated carbocycles. The van der Waals surface area contributed by atoms with E-state index >= 15 is 0 Å². The van der Waals surface area contributed by atoms with E-state index in [4.69, 9.17) is 11.6 Å². The Morgan fingerprint density at radius 2 is 1.50 bits per heavy atom. The van der Waals surface area contributed by atoms with E-state index in [1.54, 1.807) is 24.3 Å². The molecule has 2 aromatic carbocycles. The van der Waals surface area contributed by atoms with Crippen LogP contribution in [0.3, 0.4) is 0 Å². The second-order valence-electron chi connectivity index (χ2n) is 6.79. The maximum Gasteiger partial charge on any atom is 0.264 e. The molecule has 0 heterocycles. The third kappa shape index (κ3) is 5.11. The van der Waals surface area contributed by atoms with Gasteiger partial charge in [0.15, 0.2) is 0 Å². The predicted octanol–water partition coefficient (Wildman–Crippen LogP) is 3.98. The van der Waals surface area contributed by atoms with Gasteiger partial charge < -0.3 is 5.32 Å². The van der Waals surface area contributed by atoms with Gasteiger partial charge in [-0.25, -0.2) is 13.1 Å². The number of sulfonamides is 1. The average molecular weight is 421 g/mol. The van der Waals surface area contributed by atoms with Crippen LogP contribution in [0.25, 0.3) is 0 Å². The molecular formula is C20H21ClN2O4S. The largest absolute Gasteiger partial charge is 0.322 e. The molecule has 6 nitrogen and oxygen atoms in total. The molecule has 1 fully saturated rings. The van der Waals surface area contributed by atoms with Gasteiger partial charge in [-0.3, -0.25) is 9.59 Å². The zero-order valence-electron chi connectivity index (χ0n) is 15.2. The standard InChI is InChI=1S/C20H21ClN2O4S/c21-16-8-6-15(7-9-16)19(24)22-17-10-12-18(13-11-17)28(26,27)23-20(25)14-4-2-1-3-5-14/h6-14H,1-5H2,(H,22,24)(H,23,25). The first-order valence-corrected chi connectivity index (χ1v) is 10.9. The van der Waals surface area contributed by atoms with Crippen molar-refractivity contribution in [2.24, 2.45) is 5.92 Å². The van der Waals surface area contributed by atoms with Gasteiger partial charge in [-0.15, -0.1) is 0 Å². The van der Waals surface area contributed by atoms with Crippen molar-refractivity contribution in [3.8, 4) is 0 Å². The number of benzene rings is 2. The predicted molar refractivity (Wildman–Crippen MR) is 108 cm³/mol. The lowest BCUT2D eigenvalue weighted by Gasteiger charge is -2.20. The van der Waals surface area contributed by atoms with E-state index in [-0.39, 0.29) is 16.7 Å². The molecule has 28 heavy (non-hydrogen) atoms. The fourth-order valence-corrected chi connectivity index (χ4v) is 4.33. The number of carbonyl (C=O) groups excluding carboxylic acids is 2. The molecule has 148 valence electrons. The SMILES string of the molecule is O=C(Nc1ccc(S(=O)(=O)NC(=O)C2CCCCC2)cc1)c1ccc(Cl)cc1. The molecule has 0 aliphatic heterocycles. The maximum absolute atomic E-state index is 12.4. The number of anilines is 1. The number of amides is 2. The Labute approximate surface area is 169 Å². The highest BCUT2D eigenvalue weighted by Gasteiger charge is 2.26. The molecule has 0 atom stereocenters. The number of halogens is 1. The molecule has 2 amide bonds. The number of nitrogens with one attached hydrogen (secondary N) is 2. The maximum atomic E-state index is 12.4. The first-order valence-electron chi connectivity index (χ1n) is 9.09. The lowest BCUT2D eigenvalue weighted by Crippen LogP contribution is -2.36. The van der Waals surface area contributed by atoms with Gasteiger partial charge in [0.1, 0.15) is 0 Å². The second-order valence-corrected chi connectivity index (χ2v) is 8.91. The second kappa shape index (κ2) is 8.75. The van der Waals surface area contributed by atoms with E-state index in [0.29, 0.717) is 16.3 Å². The molecule has 0 spiro atoms. The van der Waals surface area contributed by atoms with E-state index in [2.05, 4.69) is 10.0 Å². The van der Waals surface area contributed by atoms with Crippen molar-refractivity contribution in [1.29, 1.82) is 0 Å². The fourth-order valence-electron chi connectivity index (χ4n) is 3.16. The van der Waals surface area contributed by atoms with Crippen LogP contribution >= 0.6 is 11.6 Å². The van der Waals surface area contributed by atoms with Crippen LogP contribution in [-0.2, 0) is 14.8 Å². The van der Waals surface area contributed by atoms with E-state index in [0.717, 1.165) is 32.1 Å². The molecular weight excluding hydrogens is 400 g/mol. The van der Waals surface area contributed by atoms with Gasteiger partial charge in [-0.05, 0) is 61.4 Å². The van der Waals surface area contributed by atoms with Crippen molar-refractivity contribution in [2.45, 2.75) is 37.0 Å². The zero-order valence-corrected chi connectivity index (χ0v) is 16.7. The Bertz CT molecular complexity index is 951. The van der Waals surface area contributed by atoms with Gasteiger partial charge in [0.25, 0.3) is 15.9 Å². The Morgan fingerprint density at radius 1 is 0.893 bits per heavy atom. The molecule has 0 saturated heterocycles. The molecule has 0 aromatic heterocycles. The topological polar surface area (TPSA) is 92.3 Å². The van der Waals surface area contributed by atoms with E-state index in [1.807, 2.05) is 0 Å². The van der Waals surface area contributed by atoms with Crippen LogP contribution in [0.15, 0.2) is 53.4 Å². The summed E-state index contributed by atoms with van der Waals surface area (Å²) in [6.07, 6.45) is 4.41. The number of rotatable bonds is 5. The molecule has 8 heteroatoms. The van der Waals surface area contributed by atoms with Gasteiger partial charge in [-0.1, -0.05) is 30.9 Å². The van der Waals surface area contributed by atoms with Crippen LogP contribution in [0.1, 0.15) is 42.5 Å². The van der Waals surface area contributed by atoms with Crippen LogP contribution in [-0.4, -0.2) is 20.2 Å². The number of hydrogen-bond acceptors (Lipinski definition) is 4. The molecule has 3 rings (SSSR count). The first kappa shape index (κ1) is 20.4. The highest BCUT2D eigenvalue weighted by molar-refractivity contribution is 7.90. The summed E-state index contributed by atoms with van der Waals surface area (Å²) in [6.45, 7) is 0. The first-order chi connectivity index (χ1) is 13.3. The van der Waals surface area contributed by atoms with Gasteiger partial charge in [-0.2, -0.15) is 0 Å². The monoisotopic (exact) mass is 420 g/mol. The summed E-state index contributed by atoms with van der Waals surface area (Å²) in [5, 5.41) is 3.21. The van der Waals surface area contributed by atoms with E-state index in [1.165, 1.54) is 24.3 Å². The smallest absolute Gasteiger partial charge is 0.264 e. The third-order valence-electron chi connectivity index (χ3n) is 4.74. The minimum Gasteiger partial charge on any atom is -0.322 e. The summed E-state index contributed by atoms with van der Waals surface area (Å²) in [7, 11) is -3.94. The highest BCUT2D eigenvalue weighted by atomic mass is 35.5. The van der Waals surface area contributed by atoms with Crippen LogP contribution < -0.4 is 10.0 Å². The summed E-state index contributed by atoms with van der Waals surface area (Å²) < 4.78 is 27.0. The summed E-state index contributed by atoms with van der Waals surface area (Å²) >= 11 is 5.80. The van der Waals surface area contributed by atoms with Crippen LogP contribution in [0.4, 0.5) is 5.69 Å². The normalized spacial score (nSPS) is 15.0. The Morgan fingerprint density at radius 3 is 2.11 bits per heavy atom. The Hall–Kier alpha value is -2.38. The zero-order chi connectivity index (χ0) is 20.1. The number of carbonyl (C=O) groups is 2. The van der Waals surface area contributed by atoms with Gasteiger partial charge >= 0.3 is 0 Å². The quantitative estimate of drug-likeness (QED) is 0.765. The Kier molecular flexibility index (Phi) is 6.36. The molecule has 1 aliphatic rings. The van der Waals surface area contributed by atoms with Crippen molar-refractivity contribution in [3.05, 3.63) is 59.1 Å². The van der Waals surface area contributed by atoms with E-state index in [9.17, 15) is 18.0 Å². The van der Waals surface area contributed by atoms with Crippen LogP contribution in [0, 0.1) is 5.92 Å². The minimum absolute atomic E-state index is 0.0267. The summed E-state index contributed by atoms with van der Waals surface area (Å²) in [5.74, 6) is -1.03. The third-order valence-corrected chi connectivity index (χ3v) is 6.35. The van der Waals surface area contributed by atoms with Gasteiger partial charge in [0.2, 0.25) is 5.91 Å². The molecule has 2 N–H and O–H groups in total. The van der Waals surface area contributed by atoms with Crippen molar-refractivity contribution in [2.75, 3.05) is 5.32 Å². The minimum atomic E-state index is -3.94. The fraction of sp³-hybridized carbons (Fsp3) is 0.300. The highest BCUT2D eigenvalue weighted by Crippen LogP contribution is 2.24. The summed E-state index contributed by atoms with van der Waals surface area (Å²) in [4.78, 5) is 24.4. The van der Waals surface area contributed by atoms with E-state index < -0.39 is 15.9 Å². The summed E-state index contributed by atoms with van der Waals surface area (Å²) in [6, 6.07) is 12.1. The average Bonchev–Trinajstić information content (AvgIpc) is 2.69. The van der Waals surface area contributed by atoms with Crippen LogP contribution in [0.2, 0.25) is 5.02 Å². The van der Waals surface area contributed by atoms with Crippen molar-refractivity contribution < 1.29 is 18.0 Å². The summed E-state index contributed by atoms with van der Waals surface area (Å²) in [5.41, 5.74) is 0.873. The lowest BCUT2D eigenvalue weighted by molar-refractivity contribution is -0.124. The van der Waals surface area contributed by atoms with Gasteiger partial charge in [0, 0.05) is 22.2 Å². The molecule has 1 aliphatic carbocycles.